The van der Waals surface area contributed by atoms with Gasteiger partial charge in [-0.3, -0.25) is 0 Å². The van der Waals surface area contributed by atoms with Crippen molar-refractivity contribution in [3.05, 3.63) is 42.4 Å². The molecule has 4 aromatic rings. The summed E-state index contributed by atoms with van der Waals surface area (Å²) in [4.78, 5) is 33.3. The van der Waals surface area contributed by atoms with Gasteiger partial charge in [-0.15, -0.1) is 0 Å². The first-order valence-corrected chi connectivity index (χ1v) is 13.5. The molecule has 3 aromatic heterocycles. The molecule has 0 radical (unpaired) electrons. The lowest BCUT2D eigenvalue weighted by Crippen LogP contribution is -2.39. The average molecular weight is 535 g/mol. The molecule has 0 unspecified atom stereocenters. The van der Waals surface area contributed by atoms with Crippen LogP contribution in [0.15, 0.2) is 36.7 Å². The molecule has 1 aromatic carbocycles. The predicted octanol–water partition coefficient (Wildman–Crippen LogP) is 5.31. The zero-order valence-electron chi connectivity index (χ0n) is 22.5. The number of carbonyl (C=O) groups excluding carboxylic acids is 1. The van der Waals surface area contributed by atoms with Gasteiger partial charge < -0.3 is 30.2 Å². The molecule has 38 heavy (non-hydrogen) atoms. The number of benzene rings is 1. The Hall–Kier alpha value is -3.70. The highest BCUT2D eigenvalue weighted by Gasteiger charge is 2.24. The summed E-state index contributed by atoms with van der Waals surface area (Å²) in [6.07, 6.45) is 4.08. The number of carbonyl (C=O) groups is 1. The number of aromatic amines is 1. The molecule has 3 N–H and O–H groups in total. The normalized spacial score (nSPS) is 14.3. The predicted molar refractivity (Wildman–Crippen MR) is 154 cm³/mol. The number of hydrogen-bond donors (Lipinski definition) is 3. The average Bonchev–Trinajstić information content (AvgIpc) is 3.47. The van der Waals surface area contributed by atoms with Crippen LogP contribution in [-0.2, 0) is 4.74 Å². The molecule has 1 amide bonds. The van der Waals surface area contributed by atoms with Gasteiger partial charge in [-0.2, -0.15) is 0 Å². The third kappa shape index (κ3) is 6.05. The molecule has 0 aliphatic carbocycles. The van der Waals surface area contributed by atoms with E-state index in [1.165, 1.54) is 0 Å². The summed E-state index contributed by atoms with van der Waals surface area (Å²) in [5.74, 6) is 0.734. The number of anilines is 3. The second kappa shape index (κ2) is 10.6. The van der Waals surface area contributed by atoms with Gasteiger partial charge in [0.25, 0.3) is 0 Å². The van der Waals surface area contributed by atoms with E-state index in [0.717, 1.165) is 68.7 Å². The third-order valence-electron chi connectivity index (χ3n) is 6.12. The van der Waals surface area contributed by atoms with Gasteiger partial charge in [0.1, 0.15) is 23.4 Å². The fourth-order valence-electron chi connectivity index (χ4n) is 4.22. The first kappa shape index (κ1) is 25.9. The molecule has 0 saturated heterocycles. The zero-order chi connectivity index (χ0) is 26.9. The van der Waals surface area contributed by atoms with Crippen LogP contribution in [0.5, 0.6) is 0 Å². The highest BCUT2D eigenvalue weighted by atomic mass is 32.1. The summed E-state index contributed by atoms with van der Waals surface area (Å²) in [5, 5.41) is 8.69. The minimum absolute atomic E-state index is 0.281. The Kier molecular flexibility index (Phi) is 7.22. The van der Waals surface area contributed by atoms with Crippen molar-refractivity contribution in [2.24, 2.45) is 0 Å². The maximum absolute atomic E-state index is 12.4. The number of amides is 1. The Labute approximate surface area is 226 Å². The van der Waals surface area contributed by atoms with Crippen LogP contribution < -0.4 is 10.6 Å². The molecule has 0 spiro atoms. The molecule has 1 aliphatic rings. The van der Waals surface area contributed by atoms with E-state index in [-0.39, 0.29) is 6.09 Å². The van der Waals surface area contributed by atoms with Gasteiger partial charge in [-0.1, -0.05) is 17.4 Å². The van der Waals surface area contributed by atoms with Crippen LogP contribution in [0, 0.1) is 0 Å². The summed E-state index contributed by atoms with van der Waals surface area (Å²) >= 11 is 1.64. The fraction of sp³-hybridized carbons (Fsp3) is 0.407. The summed E-state index contributed by atoms with van der Waals surface area (Å²) in [6.45, 7) is 8.55. The molecular formula is C27H34N8O2S. The van der Waals surface area contributed by atoms with Crippen molar-refractivity contribution in [2.45, 2.75) is 32.8 Å². The molecule has 0 saturated carbocycles. The van der Waals surface area contributed by atoms with Crippen molar-refractivity contribution in [1.29, 1.82) is 0 Å². The Balaban J connectivity index is 1.31. The summed E-state index contributed by atoms with van der Waals surface area (Å²) in [6, 6.07) is 8.21. The van der Waals surface area contributed by atoms with E-state index >= 15 is 0 Å². The fourth-order valence-corrected chi connectivity index (χ4v) is 5.15. The summed E-state index contributed by atoms with van der Waals surface area (Å²) in [7, 11) is 4.11. The molecule has 0 atom stereocenters. The van der Waals surface area contributed by atoms with E-state index in [4.69, 9.17) is 4.74 Å². The highest BCUT2D eigenvalue weighted by Crippen LogP contribution is 2.32. The minimum Gasteiger partial charge on any atom is -0.444 e. The van der Waals surface area contributed by atoms with Crippen molar-refractivity contribution < 1.29 is 9.53 Å². The number of nitrogens with one attached hydrogen (secondary N) is 3. The lowest BCUT2D eigenvalue weighted by Gasteiger charge is -2.29. The first-order chi connectivity index (χ1) is 18.1. The SMILES string of the molecule is CN(C)CCNc1nc2ccc(Nc3ncnc4[nH]c(C5=CCN(C(=O)OC(C)(C)C)CC5)cc34)cc2s1. The number of likely N-dealkylation sites (N-methyl/N-ethyl adjacent to an activating group) is 1. The van der Waals surface area contributed by atoms with Crippen LogP contribution in [0.3, 0.4) is 0 Å². The lowest BCUT2D eigenvalue weighted by molar-refractivity contribution is 0.0270. The van der Waals surface area contributed by atoms with Gasteiger partial charge in [0, 0.05) is 37.6 Å². The molecule has 200 valence electrons. The van der Waals surface area contributed by atoms with E-state index in [9.17, 15) is 4.79 Å². The second-order valence-corrected chi connectivity index (χ2v) is 11.7. The van der Waals surface area contributed by atoms with Crippen LogP contribution in [0.4, 0.5) is 21.4 Å². The topological polar surface area (TPSA) is 111 Å². The van der Waals surface area contributed by atoms with Gasteiger partial charge in [0.15, 0.2) is 5.13 Å². The van der Waals surface area contributed by atoms with Crippen molar-refractivity contribution in [3.63, 3.8) is 0 Å². The number of thiazole rings is 1. The van der Waals surface area contributed by atoms with Crippen LogP contribution in [0.1, 0.15) is 32.9 Å². The number of aromatic nitrogens is 4. The van der Waals surface area contributed by atoms with E-state index in [2.05, 4.69) is 67.8 Å². The van der Waals surface area contributed by atoms with Crippen molar-refractivity contribution in [2.75, 3.05) is 50.9 Å². The maximum Gasteiger partial charge on any atom is 0.410 e. The smallest absolute Gasteiger partial charge is 0.410 e. The minimum atomic E-state index is -0.504. The maximum atomic E-state index is 12.4. The standard InChI is InChI=1S/C27H34N8O2S/c1-27(2,3)37-26(36)35-11-8-17(9-12-35)21-15-19-23(29-16-30-24(19)32-21)31-18-6-7-20-22(14-18)38-25(33-20)28-10-13-34(4)5/h6-8,14-16H,9-13H2,1-5H3,(H,28,33)(H2,29,30,31,32). The lowest BCUT2D eigenvalue weighted by atomic mass is 10.1. The van der Waals surface area contributed by atoms with Gasteiger partial charge in [-0.05, 0) is 71.1 Å². The van der Waals surface area contributed by atoms with E-state index in [1.54, 1.807) is 22.6 Å². The second-order valence-electron chi connectivity index (χ2n) is 10.6. The Morgan fingerprint density at radius 2 is 2.08 bits per heavy atom. The van der Waals surface area contributed by atoms with Crippen LogP contribution >= 0.6 is 11.3 Å². The van der Waals surface area contributed by atoms with Crippen molar-refractivity contribution in [1.82, 2.24) is 29.7 Å². The number of H-pyrrole nitrogens is 1. The number of ether oxygens (including phenoxy) is 1. The van der Waals surface area contributed by atoms with Gasteiger partial charge in [0.2, 0.25) is 0 Å². The molecule has 10 nitrogen and oxygen atoms in total. The Bertz CT molecular complexity index is 1480. The van der Waals surface area contributed by atoms with Crippen LogP contribution in [-0.4, -0.2) is 81.7 Å². The van der Waals surface area contributed by atoms with Crippen LogP contribution in [0.2, 0.25) is 0 Å². The molecule has 4 heterocycles. The first-order valence-electron chi connectivity index (χ1n) is 12.7. The number of fused-ring (bicyclic) bond motifs is 2. The van der Waals surface area contributed by atoms with Gasteiger partial charge >= 0.3 is 6.09 Å². The zero-order valence-corrected chi connectivity index (χ0v) is 23.3. The van der Waals surface area contributed by atoms with Gasteiger partial charge in [-0.25, -0.2) is 19.7 Å². The van der Waals surface area contributed by atoms with E-state index in [1.807, 2.05) is 32.9 Å². The quantitative estimate of drug-likeness (QED) is 0.293. The molecular weight excluding hydrogens is 500 g/mol. The van der Waals surface area contributed by atoms with E-state index in [0.29, 0.717) is 13.1 Å². The Morgan fingerprint density at radius 1 is 1.24 bits per heavy atom. The number of rotatable bonds is 7. The largest absolute Gasteiger partial charge is 0.444 e. The molecule has 0 bridgehead atoms. The Morgan fingerprint density at radius 3 is 2.82 bits per heavy atom. The van der Waals surface area contributed by atoms with Gasteiger partial charge in [0.05, 0.1) is 15.6 Å². The van der Waals surface area contributed by atoms with Crippen LogP contribution in [0.25, 0.3) is 26.8 Å². The summed E-state index contributed by atoms with van der Waals surface area (Å²) in [5.41, 5.74) is 4.30. The monoisotopic (exact) mass is 534 g/mol. The molecule has 11 heteroatoms. The molecule has 5 rings (SSSR count). The van der Waals surface area contributed by atoms with Crippen molar-refractivity contribution in [3.8, 4) is 0 Å². The molecule has 0 fully saturated rings. The van der Waals surface area contributed by atoms with Crippen molar-refractivity contribution >= 4 is 60.9 Å². The highest BCUT2D eigenvalue weighted by molar-refractivity contribution is 7.22. The van der Waals surface area contributed by atoms with E-state index < -0.39 is 5.60 Å². The molecule has 1 aliphatic heterocycles. The number of nitrogens with zero attached hydrogens (tertiary/aromatic N) is 5. The number of hydrogen-bond acceptors (Lipinski definition) is 9. The third-order valence-corrected chi connectivity index (χ3v) is 7.09. The summed E-state index contributed by atoms with van der Waals surface area (Å²) < 4.78 is 6.61.